The Labute approximate surface area is 166 Å². The lowest BCUT2D eigenvalue weighted by Gasteiger charge is -2.29. The van der Waals surface area contributed by atoms with E-state index in [1.807, 2.05) is 30.3 Å². The molecule has 1 fully saturated rings. The molecule has 1 saturated heterocycles. The number of nitrogens with zero attached hydrogens (tertiary/aromatic N) is 2. The number of hydrogen-bond acceptors (Lipinski definition) is 4. The number of hydrogen-bond donors (Lipinski definition) is 1. The van der Waals surface area contributed by atoms with Gasteiger partial charge in [0.2, 0.25) is 5.91 Å². The number of benzene rings is 2. The van der Waals surface area contributed by atoms with Crippen molar-refractivity contribution in [2.75, 3.05) is 37.4 Å². The fourth-order valence-electron chi connectivity index (χ4n) is 2.46. The summed E-state index contributed by atoms with van der Waals surface area (Å²) < 4.78 is 18.6. The van der Waals surface area contributed by atoms with Crippen LogP contribution in [0.2, 0.25) is 5.02 Å². The number of morpholine rings is 1. The van der Waals surface area contributed by atoms with Crippen molar-refractivity contribution < 1.29 is 13.9 Å². The number of thioether (sulfide) groups is 1. The first-order valence-corrected chi connectivity index (χ1v) is 9.82. The number of carbonyl (C=O) groups excluding carboxylic acids is 1. The average Bonchev–Trinajstić information content (AvgIpc) is 2.69. The molecule has 2 aromatic rings. The van der Waals surface area contributed by atoms with Gasteiger partial charge in [-0.2, -0.15) is 0 Å². The molecule has 0 spiro atoms. The van der Waals surface area contributed by atoms with Crippen molar-refractivity contribution in [1.82, 2.24) is 4.90 Å². The Hall–Kier alpha value is -2.09. The molecule has 1 N–H and O–H groups in total. The van der Waals surface area contributed by atoms with Gasteiger partial charge in [0.25, 0.3) is 0 Å². The number of para-hydroxylation sites is 1. The molecule has 1 amide bonds. The molecule has 0 saturated carbocycles. The van der Waals surface area contributed by atoms with Crippen LogP contribution in [0.5, 0.6) is 0 Å². The fourth-order valence-corrected chi connectivity index (χ4v) is 3.51. The standard InChI is InChI=1S/C19H19ClFN3O2S/c20-16-12-15(6-7-17(16)21)22-18(25)13-27-19(24-8-10-26-11-9-24)23-14-4-2-1-3-5-14/h1-7,12H,8-11,13H2,(H,22,25). The van der Waals surface area contributed by atoms with Crippen molar-refractivity contribution in [3.8, 4) is 0 Å². The molecule has 1 aliphatic heterocycles. The monoisotopic (exact) mass is 407 g/mol. The Kier molecular flexibility index (Phi) is 7.09. The molecule has 0 atom stereocenters. The summed E-state index contributed by atoms with van der Waals surface area (Å²) in [7, 11) is 0. The molecule has 0 unspecified atom stereocenters. The zero-order valence-corrected chi connectivity index (χ0v) is 16.1. The van der Waals surface area contributed by atoms with Gasteiger partial charge < -0.3 is 15.0 Å². The first-order chi connectivity index (χ1) is 13.1. The molecule has 0 bridgehead atoms. The van der Waals surface area contributed by atoms with Crippen LogP contribution < -0.4 is 5.32 Å². The highest BCUT2D eigenvalue weighted by Gasteiger charge is 2.17. The number of amides is 1. The summed E-state index contributed by atoms with van der Waals surface area (Å²) in [6.45, 7) is 2.73. The number of anilines is 1. The first-order valence-electron chi connectivity index (χ1n) is 8.46. The molecule has 2 aromatic carbocycles. The van der Waals surface area contributed by atoms with Crippen molar-refractivity contribution in [1.29, 1.82) is 0 Å². The van der Waals surface area contributed by atoms with E-state index in [4.69, 9.17) is 16.3 Å². The molecule has 27 heavy (non-hydrogen) atoms. The van der Waals surface area contributed by atoms with Gasteiger partial charge in [-0.3, -0.25) is 4.79 Å². The van der Waals surface area contributed by atoms with Gasteiger partial charge in [0, 0.05) is 18.8 Å². The number of nitrogens with one attached hydrogen (secondary N) is 1. The van der Waals surface area contributed by atoms with Gasteiger partial charge in [-0.05, 0) is 30.3 Å². The minimum atomic E-state index is -0.520. The van der Waals surface area contributed by atoms with Crippen molar-refractivity contribution in [2.45, 2.75) is 0 Å². The van der Waals surface area contributed by atoms with Gasteiger partial charge in [-0.1, -0.05) is 41.6 Å². The molecule has 1 heterocycles. The Morgan fingerprint density at radius 2 is 1.96 bits per heavy atom. The van der Waals surface area contributed by atoms with Crippen LogP contribution in [-0.2, 0) is 9.53 Å². The number of amidine groups is 1. The van der Waals surface area contributed by atoms with Crippen LogP contribution in [0.3, 0.4) is 0 Å². The van der Waals surface area contributed by atoms with E-state index in [0.717, 1.165) is 23.9 Å². The van der Waals surface area contributed by atoms with Crippen molar-refractivity contribution >= 4 is 45.8 Å². The first kappa shape index (κ1) is 19.7. The summed E-state index contributed by atoms with van der Waals surface area (Å²) in [4.78, 5) is 19.1. The van der Waals surface area contributed by atoms with Gasteiger partial charge >= 0.3 is 0 Å². The van der Waals surface area contributed by atoms with Crippen LogP contribution in [0, 0.1) is 5.82 Å². The number of aliphatic imine (C=N–C) groups is 1. The van der Waals surface area contributed by atoms with E-state index < -0.39 is 5.82 Å². The third-order valence-corrected chi connectivity index (χ3v) is 5.10. The highest BCUT2D eigenvalue weighted by Crippen LogP contribution is 2.21. The van der Waals surface area contributed by atoms with Crippen LogP contribution in [-0.4, -0.2) is 48.0 Å². The minimum absolute atomic E-state index is 0.0277. The van der Waals surface area contributed by atoms with Gasteiger partial charge in [0.05, 0.1) is 29.7 Å². The Morgan fingerprint density at radius 1 is 1.22 bits per heavy atom. The Bertz CT molecular complexity index is 814. The van der Waals surface area contributed by atoms with Gasteiger partial charge in [-0.15, -0.1) is 0 Å². The summed E-state index contributed by atoms with van der Waals surface area (Å²) in [6.07, 6.45) is 0. The summed E-state index contributed by atoms with van der Waals surface area (Å²) in [5.41, 5.74) is 1.29. The lowest BCUT2D eigenvalue weighted by Crippen LogP contribution is -2.39. The second kappa shape index (κ2) is 9.73. The van der Waals surface area contributed by atoms with Gasteiger partial charge in [0.15, 0.2) is 5.17 Å². The molecular formula is C19H19ClFN3O2S. The third kappa shape index (κ3) is 5.95. The van der Waals surface area contributed by atoms with E-state index in [1.54, 1.807) is 0 Å². The summed E-state index contributed by atoms with van der Waals surface area (Å²) in [6, 6.07) is 13.7. The van der Waals surface area contributed by atoms with Crippen LogP contribution >= 0.6 is 23.4 Å². The van der Waals surface area contributed by atoms with E-state index in [1.165, 1.54) is 30.0 Å². The van der Waals surface area contributed by atoms with Crippen LogP contribution in [0.4, 0.5) is 15.8 Å². The SMILES string of the molecule is O=C(CSC(=Nc1ccccc1)N1CCOCC1)Nc1ccc(F)c(Cl)c1. The molecule has 5 nitrogen and oxygen atoms in total. The van der Waals surface area contributed by atoms with E-state index in [9.17, 15) is 9.18 Å². The molecular weight excluding hydrogens is 389 g/mol. The quantitative estimate of drug-likeness (QED) is 0.610. The molecule has 8 heteroatoms. The van der Waals surface area contributed by atoms with E-state index >= 15 is 0 Å². The van der Waals surface area contributed by atoms with Gasteiger partial charge in [-0.25, -0.2) is 9.38 Å². The maximum atomic E-state index is 13.2. The number of ether oxygens (including phenoxy) is 1. The van der Waals surface area contributed by atoms with Crippen molar-refractivity contribution in [3.63, 3.8) is 0 Å². The van der Waals surface area contributed by atoms with E-state index in [0.29, 0.717) is 18.9 Å². The summed E-state index contributed by atoms with van der Waals surface area (Å²) in [5, 5.41) is 3.47. The normalized spacial score (nSPS) is 14.9. The Balaban J connectivity index is 1.65. The number of carbonyl (C=O) groups is 1. The molecule has 3 rings (SSSR count). The maximum absolute atomic E-state index is 13.2. The molecule has 0 radical (unpaired) electrons. The number of halogens is 2. The zero-order valence-electron chi connectivity index (χ0n) is 14.5. The minimum Gasteiger partial charge on any atom is -0.378 e. The second-order valence-electron chi connectivity index (χ2n) is 5.80. The summed E-state index contributed by atoms with van der Waals surface area (Å²) >= 11 is 7.11. The van der Waals surface area contributed by atoms with Crippen LogP contribution in [0.15, 0.2) is 53.5 Å². The van der Waals surface area contributed by atoms with Crippen LogP contribution in [0.1, 0.15) is 0 Å². The smallest absolute Gasteiger partial charge is 0.234 e. The molecule has 0 aromatic heterocycles. The van der Waals surface area contributed by atoms with E-state index in [-0.39, 0.29) is 16.7 Å². The second-order valence-corrected chi connectivity index (χ2v) is 7.14. The van der Waals surface area contributed by atoms with Crippen molar-refractivity contribution in [2.24, 2.45) is 4.99 Å². The average molecular weight is 408 g/mol. The zero-order chi connectivity index (χ0) is 19.1. The fraction of sp³-hybridized carbons (Fsp3) is 0.263. The maximum Gasteiger partial charge on any atom is 0.234 e. The summed E-state index contributed by atoms with van der Waals surface area (Å²) in [5.74, 6) is -0.553. The number of rotatable bonds is 4. The van der Waals surface area contributed by atoms with Gasteiger partial charge in [0.1, 0.15) is 5.82 Å². The lowest BCUT2D eigenvalue weighted by atomic mass is 10.3. The predicted molar refractivity (Wildman–Crippen MR) is 108 cm³/mol. The molecule has 1 aliphatic rings. The van der Waals surface area contributed by atoms with Crippen molar-refractivity contribution in [3.05, 3.63) is 59.4 Å². The topological polar surface area (TPSA) is 53.9 Å². The van der Waals surface area contributed by atoms with E-state index in [2.05, 4.69) is 15.2 Å². The van der Waals surface area contributed by atoms with Crippen LogP contribution in [0.25, 0.3) is 0 Å². The predicted octanol–water partition coefficient (Wildman–Crippen LogP) is 4.17. The lowest BCUT2D eigenvalue weighted by molar-refractivity contribution is -0.113. The highest BCUT2D eigenvalue weighted by atomic mass is 35.5. The molecule has 142 valence electrons. The third-order valence-electron chi connectivity index (χ3n) is 3.80. The Morgan fingerprint density at radius 3 is 2.67 bits per heavy atom. The largest absolute Gasteiger partial charge is 0.378 e. The highest BCUT2D eigenvalue weighted by molar-refractivity contribution is 8.14. The molecule has 0 aliphatic carbocycles.